The SMILES string of the molecule is CC1CN(C(=O)c2ccc(CNC3=NCCN3C)cc2)CC(C)O1.I. The Labute approximate surface area is 166 Å². The Morgan fingerprint density at radius 1 is 1.24 bits per heavy atom. The number of hydrogen-bond acceptors (Lipinski definition) is 5. The lowest BCUT2D eigenvalue weighted by Crippen LogP contribution is -2.48. The van der Waals surface area contributed by atoms with Crippen LogP contribution >= 0.6 is 24.0 Å². The number of hydrogen-bond donors (Lipinski definition) is 1. The fourth-order valence-electron chi connectivity index (χ4n) is 3.20. The first kappa shape index (κ1) is 20.0. The number of carbonyl (C=O) groups is 1. The Hall–Kier alpha value is -1.35. The molecule has 1 amide bonds. The molecular formula is C18H27IN4O2. The van der Waals surface area contributed by atoms with Gasteiger partial charge in [0.2, 0.25) is 0 Å². The molecule has 0 spiro atoms. The van der Waals surface area contributed by atoms with Crippen molar-refractivity contribution >= 4 is 35.8 Å². The molecule has 6 nitrogen and oxygen atoms in total. The first-order chi connectivity index (χ1) is 11.5. The predicted octanol–water partition coefficient (Wildman–Crippen LogP) is 1.94. The number of aliphatic imine (C=N–C) groups is 1. The molecule has 25 heavy (non-hydrogen) atoms. The van der Waals surface area contributed by atoms with Crippen LogP contribution < -0.4 is 5.32 Å². The number of ether oxygens (including phenoxy) is 1. The minimum atomic E-state index is 0. The molecule has 0 radical (unpaired) electrons. The Morgan fingerprint density at radius 3 is 2.44 bits per heavy atom. The van der Waals surface area contributed by atoms with Gasteiger partial charge in [0.1, 0.15) is 0 Å². The molecular weight excluding hydrogens is 431 g/mol. The number of morpholine rings is 1. The molecule has 1 fully saturated rings. The number of likely N-dealkylation sites (N-methyl/N-ethyl adjacent to an activating group) is 1. The molecule has 1 aromatic carbocycles. The van der Waals surface area contributed by atoms with Gasteiger partial charge < -0.3 is 19.9 Å². The molecule has 1 N–H and O–H groups in total. The smallest absolute Gasteiger partial charge is 0.254 e. The van der Waals surface area contributed by atoms with E-state index in [0.717, 1.165) is 30.2 Å². The van der Waals surface area contributed by atoms with E-state index >= 15 is 0 Å². The number of amides is 1. The van der Waals surface area contributed by atoms with Crippen LogP contribution in [0.1, 0.15) is 29.8 Å². The molecule has 2 atom stereocenters. The van der Waals surface area contributed by atoms with Crippen molar-refractivity contribution in [3.05, 3.63) is 35.4 Å². The number of benzene rings is 1. The molecule has 7 heteroatoms. The minimum absolute atomic E-state index is 0. The minimum Gasteiger partial charge on any atom is -0.372 e. The quantitative estimate of drug-likeness (QED) is 0.704. The highest BCUT2D eigenvalue weighted by Gasteiger charge is 2.26. The lowest BCUT2D eigenvalue weighted by Gasteiger charge is -2.35. The molecule has 0 bridgehead atoms. The molecule has 0 saturated carbocycles. The summed E-state index contributed by atoms with van der Waals surface area (Å²) in [5.74, 6) is 1.02. The Bertz CT molecular complexity index is 610. The van der Waals surface area contributed by atoms with Crippen LogP contribution in [0, 0.1) is 0 Å². The number of carbonyl (C=O) groups excluding carboxylic acids is 1. The number of halogens is 1. The second-order valence-corrected chi connectivity index (χ2v) is 6.64. The largest absolute Gasteiger partial charge is 0.372 e. The van der Waals surface area contributed by atoms with Crippen LogP contribution in [0.15, 0.2) is 29.3 Å². The fraction of sp³-hybridized carbons (Fsp3) is 0.556. The Morgan fingerprint density at radius 2 is 1.88 bits per heavy atom. The zero-order valence-electron chi connectivity index (χ0n) is 15.1. The molecule has 2 aliphatic heterocycles. The zero-order chi connectivity index (χ0) is 17.1. The number of nitrogens with one attached hydrogen (secondary N) is 1. The van der Waals surface area contributed by atoms with Crippen molar-refractivity contribution in [1.82, 2.24) is 15.1 Å². The molecule has 2 heterocycles. The highest BCUT2D eigenvalue weighted by atomic mass is 127. The van der Waals surface area contributed by atoms with Crippen molar-refractivity contribution in [2.75, 3.05) is 33.2 Å². The average molecular weight is 458 g/mol. The summed E-state index contributed by atoms with van der Waals surface area (Å²) in [6.45, 7) is 7.84. The second kappa shape index (κ2) is 8.84. The third kappa shape index (κ3) is 5.07. The van der Waals surface area contributed by atoms with Gasteiger partial charge in [-0.3, -0.25) is 9.79 Å². The number of guanidine groups is 1. The van der Waals surface area contributed by atoms with Crippen molar-refractivity contribution in [3.8, 4) is 0 Å². The van der Waals surface area contributed by atoms with E-state index in [1.54, 1.807) is 0 Å². The molecule has 1 saturated heterocycles. The van der Waals surface area contributed by atoms with E-state index in [2.05, 4.69) is 15.2 Å². The summed E-state index contributed by atoms with van der Waals surface area (Å²) >= 11 is 0. The summed E-state index contributed by atoms with van der Waals surface area (Å²) < 4.78 is 5.69. The van der Waals surface area contributed by atoms with Crippen molar-refractivity contribution in [3.63, 3.8) is 0 Å². The predicted molar refractivity (Wildman–Crippen MR) is 110 cm³/mol. The zero-order valence-corrected chi connectivity index (χ0v) is 17.4. The van der Waals surface area contributed by atoms with Gasteiger partial charge in [-0.05, 0) is 31.5 Å². The molecule has 1 aromatic rings. The summed E-state index contributed by atoms with van der Waals surface area (Å²) in [5.41, 5.74) is 1.87. The van der Waals surface area contributed by atoms with Gasteiger partial charge in [0.15, 0.2) is 5.96 Å². The van der Waals surface area contributed by atoms with E-state index in [-0.39, 0.29) is 42.1 Å². The maximum absolute atomic E-state index is 12.6. The monoisotopic (exact) mass is 458 g/mol. The van der Waals surface area contributed by atoms with Crippen LogP contribution in [0.2, 0.25) is 0 Å². The van der Waals surface area contributed by atoms with E-state index in [9.17, 15) is 4.79 Å². The Kier molecular flexibility index (Phi) is 7.06. The highest BCUT2D eigenvalue weighted by molar-refractivity contribution is 14.0. The topological polar surface area (TPSA) is 57.2 Å². The van der Waals surface area contributed by atoms with Crippen molar-refractivity contribution in [2.24, 2.45) is 4.99 Å². The van der Waals surface area contributed by atoms with E-state index in [0.29, 0.717) is 19.6 Å². The van der Waals surface area contributed by atoms with Crippen LogP contribution in [0.5, 0.6) is 0 Å². The molecule has 2 aliphatic rings. The van der Waals surface area contributed by atoms with Crippen LogP contribution in [0.3, 0.4) is 0 Å². The average Bonchev–Trinajstić information content (AvgIpc) is 2.97. The Balaban J connectivity index is 0.00000225. The number of rotatable bonds is 3. The molecule has 2 unspecified atom stereocenters. The van der Waals surface area contributed by atoms with E-state index < -0.39 is 0 Å². The lowest BCUT2D eigenvalue weighted by atomic mass is 10.1. The summed E-state index contributed by atoms with van der Waals surface area (Å²) in [6.07, 6.45) is 0.177. The normalized spacial score (nSPS) is 23.1. The third-order valence-electron chi connectivity index (χ3n) is 4.42. The summed E-state index contributed by atoms with van der Waals surface area (Å²) in [5, 5.41) is 3.34. The van der Waals surface area contributed by atoms with Crippen molar-refractivity contribution < 1.29 is 9.53 Å². The summed E-state index contributed by atoms with van der Waals surface area (Å²) in [7, 11) is 2.03. The molecule has 0 aliphatic carbocycles. The standard InChI is InChI=1S/C18H26N4O2.HI/c1-13-11-22(12-14(2)24-13)17(23)16-6-4-15(5-7-16)10-20-18-19-8-9-21(18)3;/h4-7,13-14H,8-12H2,1-3H3,(H,19,20);1H. The van der Waals surface area contributed by atoms with Crippen molar-refractivity contribution in [2.45, 2.75) is 32.6 Å². The van der Waals surface area contributed by atoms with Crippen LogP contribution in [-0.2, 0) is 11.3 Å². The van der Waals surface area contributed by atoms with Gasteiger partial charge in [-0.1, -0.05) is 12.1 Å². The van der Waals surface area contributed by atoms with Gasteiger partial charge in [-0.25, -0.2) is 0 Å². The van der Waals surface area contributed by atoms with Gasteiger partial charge >= 0.3 is 0 Å². The van der Waals surface area contributed by atoms with E-state index in [4.69, 9.17) is 4.74 Å². The van der Waals surface area contributed by atoms with Crippen LogP contribution in [0.25, 0.3) is 0 Å². The highest BCUT2D eigenvalue weighted by Crippen LogP contribution is 2.15. The second-order valence-electron chi connectivity index (χ2n) is 6.64. The van der Waals surface area contributed by atoms with Gasteiger partial charge in [-0.15, -0.1) is 24.0 Å². The van der Waals surface area contributed by atoms with Crippen LogP contribution in [-0.4, -0.2) is 67.1 Å². The number of nitrogens with zero attached hydrogens (tertiary/aromatic N) is 3. The maximum Gasteiger partial charge on any atom is 0.254 e. The van der Waals surface area contributed by atoms with Crippen molar-refractivity contribution in [1.29, 1.82) is 0 Å². The molecule has 138 valence electrons. The first-order valence-electron chi connectivity index (χ1n) is 8.56. The summed E-state index contributed by atoms with van der Waals surface area (Å²) in [4.78, 5) is 21.0. The third-order valence-corrected chi connectivity index (χ3v) is 4.42. The van der Waals surface area contributed by atoms with Gasteiger partial charge in [0, 0.05) is 38.8 Å². The van der Waals surface area contributed by atoms with E-state index in [1.807, 2.05) is 50.1 Å². The van der Waals surface area contributed by atoms with Gasteiger partial charge in [0.25, 0.3) is 5.91 Å². The molecule has 3 rings (SSSR count). The summed E-state index contributed by atoms with van der Waals surface area (Å²) in [6, 6.07) is 7.82. The first-order valence-corrected chi connectivity index (χ1v) is 8.56. The lowest BCUT2D eigenvalue weighted by molar-refractivity contribution is -0.0586. The fourth-order valence-corrected chi connectivity index (χ4v) is 3.20. The molecule has 0 aromatic heterocycles. The van der Waals surface area contributed by atoms with Crippen LogP contribution in [0.4, 0.5) is 0 Å². The van der Waals surface area contributed by atoms with E-state index in [1.165, 1.54) is 0 Å². The van der Waals surface area contributed by atoms with Gasteiger partial charge in [0.05, 0.1) is 18.8 Å². The maximum atomic E-state index is 12.6. The van der Waals surface area contributed by atoms with Gasteiger partial charge in [-0.2, -0.15) is 0 Å².